The third-order valence-corrected chi connectivity index (χ3v) is 4.44. The minimum atomic E-state index is -0.592. The first kappa shape index (κ1) is 17.7. The van der Waals surface area contributed by atoms with Crippen LogP contribution in [0.25, 0.3) is 0 Å². The minimum Gasteiger partial charge on any atom is -0.385 e. The van der Waals surface area contributed by atoms with Crippen LogP contribution in [0.5, 0.6) is 0 Å². The van der Waals surface area contributed by atoms with E-state index in [2.05, 4.69) is 5.32 Å². The van der Waals surface area contributed by atoms with E-state index in [1.54, 1.807) is 33.3 Å². The Labute approximate surface area is 136 Å². The highest BCUT2D eigenvalue weighted by atomic mass is 16.7. The summed E-state index contributed by atoms with van der Waals surface area (Å²) in [5, 5.41) is 14.1. The number of nitro benzene ring substituents is 1. The van der Waals surface area contributed by atoms with Crippen LogP contribution in [0.15, 0.2) is 18.2 Å². The van der Waals surface area contributed by atoms with E-state index in [1.165, 1.54) is 6.07 Å². The number of rotatable bonds is 7. The Morgan fingerprint density at radius 2 is 2.17 bits per heavy atom. The van der Waals surface area contributed by atoms with E-state index in [4.69, 9.17) is 14.2 Å². The van der Waals surface area contributed by atoms with Gasteiger partial charge in [-0.2, -0.15) is 0 Å². The lowest BCUT2D eigenvalue weighted by Crippen LogP contribution is -2.49. The lowest BCUT2D eigenvalue weighted by atomic mass is 9.91. The van der Waals surface area contributed by atoms with Crippen molar-refractivity contribution in [3.8, 4) is 0 Å². The molecular formula is C16H24N2O5. The third kappa shape index (κ3) is 3.99. The average molecular weight is 324 g/mol. The standard InChI is InChI=1S/C16H24N2O5/c1-12-10-14(4-5-15(12)18(19)20)17-8-6-13-11-23-9-7-16(13,21-2)22-3/h4-5,10,13,17H,6-9,11H2,1-3H3. The Morgan fingerprint density at radius 3 is 2.78 bits per heavy atom. The largest absolute Gasteiger partial charge is 0.385 e. The lowest BCUT2D eigenvalue weighted by Gasteiger charge is -2.41. The van der Waals surface area contributed by atoms with Crippen LogP contribution in [-0.4, -0.2) is 44.7 Å². The van der Waals surface area contributed by atoms with Crippen LogP contribution in [0.3, 0.4) is 0 Å². The van der Waals surface area contributed by atoms with Crippen molar-refractivity contribution in [2.75, 3.05) is 39.3 Å². The van der Waals surface area contributed by atoms with Crippen molar-refractivity contribution in [1.29, 1.82) is 0 Å². The molecule has 1 fully saturated rings. The quantitative estimate of drug-likeness (QED) is 0.472. The molecule has 0 aromatic heterocycles. The first-order valence-corrected chi connectivity index (χ1v) is 7.69. The number of hydrogen-bond acceptors (Lipinski definition) is 6. The summed E-state index contributed by atoms with van der Waals surface area (Å²) in [5.41, 5.74) is 1.64. The van der Waals surface area contributed by atoms with Crippen molar-refractivity contribution < 1.29 is 19.1 Å². The van der Waals surface area contributed by atoms with Gasteiger partial charge in [-0.05, 0) is 25.5 Å². The van der Waals surface area contributed by atoms with Crippen LogP contribution < -0.4 is 5.32 Å². The number of nitrogens with zero attached hydrogens (tertiary/aromatic N) is 1. The zero-order valence-electron chi connectivity index (χ0n) is 13.8. The minimum absolute atomic E-state index is 0.133. The molecule has 0 amide bonds. The van der Waals surface area contributed by atoms with Gasteiger partial charge in [0.2, 0.25) is 0 Å². The van der Waals surface area contributed by atoms with E-state index in [0.29, 0.717) is 31.7 Å². The van der Waals surface area contributed by atoms with Crippen LogP contribution in [-0.2, 0) is 14.2 Å². The van der Waals surface area contributed by atoms with Crippen molar-refractivity contribution >= 4 is 11.4 Å². The number of anilines is 1. The maximum atomic E-state index is 10.8. The van der Waals surface area contributed by atoms with Crippen LogP contribution in [0.2, 0.25) is 0 Å². The maximum absolute atomic E-state index is 10.8. The fraction of sp³-hybridized carbons (Fsp3) is 0.625. The molecule has 1 heterocycles. The fourth-order valence-electron chi connectivity index (χ4n) is 3.06. The van der Waals surface area contributed by atoms with Gasteiger partial charge in [-0.25, -0.2) is 0 Å². The first-order valence-electron chi connectivity index (χ1n) is 7.69. The van der Waals surface area contributed by atoms with E-state index < -0.39 is 5.79 Å². The van der Waals surface area contributed by atoms with Gasteiger partial charge in [-0.3, -0.25) is 10.1 Å². The fourth-order valence-corrected chi connectivity index (χ4v) is 3.06. The zero-order chi connectivity index (χ0) is 16.9. The van der Waals surface area contributed by atoms with Gasteiger partial charge in [0, 0.05) is 50.4 Å². The van der Waals surface area contributed by atoms with Crippen LogP contribution in [0, 0.1) is 23.0 Å². The van der Waals surface area contributed by atoms with Crippen molar-refractivity contribution in [2.24, 2.45) is 5.92 Å². The number of ether oxygens (including phenoxy) is 3. The molecule has 7 nitrogen and oxygen atoms in total. The first-order chi connectivity index (χ1) is 11.0. The normalized spacial score (nSPS) is 20.2. The Kier molecular flexibility index (Phi) is 5.92. The van der Waals surface area contributed by atoms with Gasteiger partial charge in [0.15, 0.2) is 5.79 Å². The van der Waals surface area contributed by atoms with Crippen molar-refractivity contribution in [2.45, 2.75) is 25.6 Å². The molecule has 1 unspecified atom stereocenters. The molecule has 1 aliphatic heterocycles. The second-order valence-corrected chi connectivity index (χ2v) is 5.72. The molecule has 0 bridgehead atoms. The van der Waals surface area contributed by atoms with Crippen LogP contribution in [0.4, 0.5) is 11.4 Å². The van der Waals surface area contributed by atoms with Crippen molar-refractivity contribution in [1.82, 2.24) is 0 Å². The van der Waals surface area contributed by atoms with Crippen molar-refractivity contribution in [3.63, 3.8) is 0 Å². The van der Waals surface area contributed by atoms with Gasteiger partial charge in [0.1, 0.15) is 0 Å². The molecule has 2 rings (SSSR count). The van der Waals surface area contributed by atoms with Gasteiger partial charge in [0.05, 0.1) is 18.1 Å². The molecule has 128 valence electrons. The molecule has 1 aliphatic rings. The second kappa shape index (κ2) is 7.72. The molecule has 1 aromatic carbocycles. The number of aryl methyl sites for hydroxylation is 1. The Balaban J connectivity index is 1.93. The average Bonchev–Trinajstić information content (AvgIpc) is 2.55. The summed E-state index contributed by atoms with van der Waals surface area (Å²) < 4.78 is 16.7. The molecule has 23 heavy (non-hydrogen) atoms. The molecule has 1 aromatic rings. The van der Waals surface area contributed by atoms with Crippen LogP contribution in [0.1, 0.15) is 18.4 Å². The molecule has 0 aliphatic carbocycles. The lowest BCUT2D eigenvalue weighted by molar-refractivity contribution is -0.385. The smallest absolute Gasteiger partial charge is 0.272 e. The van der Waals surface area contributed by atoms with Gasteiger partial charge in [-0.1, -0.05) is 0 Å². The predicted octanol–water partition coefficient (Wildman–Crippen LogP) is 2.73. The molecule has 0 spiro atoms. The molecular weight excluding hydrogens is 300 g/mol. The summed E-state index contributed by atoms with van der Waals surface area (Å²) >= 11 is 0. The van der Waals surface area contributed by atoms with Crippen LogP contribution >= 0.6 is 0 Å². The summed E-state index contributed by atoms with van der Waals surface area (Å²) in [7, 11) is 3.32. The SMILES string of the molecule is COC1(OC)CCOCC1CCNc1ccc([N+](=O)[O-])c(C)c1. The van der Waals surface area contributed by atoms with Gasteiger partial charge in [-0.15, -0.1) is 0 Å². The summed E-state index contributed by atoms with van der Waals surface area (Å²) in [6.07, 6.45) is 1.53. The van der Waals surface area contributed by atoms with Gasteiger partial charge >= 0.3 is 0 Å². The number of nitrogens with one attached hydrogen (secondary N) is 1. The Hall–Kier alpha value is -1.70. The summed E-state index contributed by atoms with van der Waals surface area (Å²) in [6, 6.07) is 5.04. The predicted molar refractivity (Wildman–Crippen MR) is 86.6 cm³/mol. The number of hydrogen-bond donors (Lipinski definition) is 1. The molecule has 7 heteroatoms. The summed E-state index contributed by atoms with van der Waals surface area (Å²) in [6.45, 7) is 3.68. The molecule has 0 saturated carbocycles. The van der Waals surface area contributed by atoms with E-state index in [9.17, 15) is 10.1 Å². The second-order valence-electron chi connectivity index (χ2n) is 5.72. The third-order valence-electron chi connectivity index (χ3n) is 4.44. The number of nitro groups is 1. The van der Waals surface area contributed by atoms with E-state index >= 15 is 0 Å². The van der Waals surface area contributed by atoms with Crippen molar-refractivity contribution in [3.05, 3.63) is 33.9 Å². The zero-order valence-corrected chi connectivity index (χ0v) is 13.8. The molecule has 1 saturated heterocycles. The summed E-state index contributed by atoms with van der Waals surface area (Å²) in [4.78, 5) is 10.5. The van der Waals surface area contributed by atoms with Gasteiger partial charge < -0.3 is 19.5 Å². The highest BCUT2D eigenvalue weighted by molar-refractivity contribution is 5.53. The number of methoxy groups -OCH3 is 2. The summed E-state index contributed by atoms with van der Waals surface area (Å²) in [5.74, 6) is -0.455. The van der Waals surface area contributed by atoms with E-state index in [1.807, 2.05) is 0 Å². The topological polar surface area (TPSA) is 82.9 Å². The van der Waals surface area contributed by atoms with E-state index in [0.717, 1.165) is 12.1 Å². The Morgan fingerprint density at radius 1 is 1.43 bits per heavy atom. The molecule has 1 N–H and O–H groups in total. The highest BCUT2D eigenvalue weighted by Gasteiger charge is 2.41. The van der Waals surface area contributed by atoms with Gasteiger partial charge in [0.25, 0.3) is 5.69 Å². The molecule has 0 radical (unpaired) electrons. The Bertz CT molecular complexity index is 545. The maximum Gasteiger partial charge on any atom is 0.272 e. The molecule has 1 atom stereocenters. The monoisotopic (exact) mass is 324 g/mol. The van der Waals surface area contributed by atoms with E-state index in [-0.39, 0.29) is 16.5 Å². The number of benzene rings is 1. The highest BCUT2D eigenvalue weighted by Crippen LogP contribution is 2.33.